The van der Waals surface area contributed by atoms with Gasteiger partial charge in [-0.3, -0.25) is 4.79 Å². The summed E-state index contributed by atoms with van der Waals surface area (Å²) < 4.78 is 4.59. The quantitative estimate of drug-likeness (QED) is 0.561. The van der Waals surface area contributed by atoms with Crippen LogP contribution in [0.25, 0.3) is 0 Å². The lowest BCUT2D eigenvalue weighted by Gasteiger charge is -2.21. The van der Waals surface area contributed by atoms with Crippen LogP contribution < -0.4 is 0 Å². The van der Waals surface area contributed by atoms with Gasteiger partial charge in [-0.15, -0.1) is 0 Å². The summed E-state index contributed by atoms with van der Waals surface area (Å²) in [7, 11) is 5.53. The molecule has 14 heavy (non-hydrogen) atoms. The fourth-order valence-corrected chi connectivity index (χ4v) is 1.12. The fraction of sp³-hybridized carbons (Fsp3) is 0.900. The summed E-state index contributed by atoms with van der Waals surface area (Å²) in [6.45, 7) is 5.89. The molecule has 0 atom stereocenters. The van der Waals surface area contributed by atoms with Crippen molar-refractivity contribution in [1.29, 1.82) is 0 Å². The third kappa shape index (κ3) is 6.86. The van der Waals surface area contributed by atoms with E-state index in [4.69, 9.17) is 0 Å². The van der Waals surface area contributed by atoms with E-state index >= 15 is 0 Å². The van der Waals surface area contributed by atoms with Crippen LogP contribution in [-0.4, -0.2) is 63.2 Å². The number of likely N-dealkylation sites (N-methyl/N-ethyl adjacent to an activating group) is 2. The second-order valence-corrected chi connectivity index (χ2v) is 3.56. The molecule has 0 aromatic heterocycles. The first kappa shape index (κ1) is 13.4. The molecule has 0 aliphatic rings. The Kier molecular flexibility index (Phi) is 7.42. The number of esters is 1. The lowest BCUT2D eigenvalue weighted by molar-refractivity contribution is -0.140. The summed E-state index contributed by atoms with van der Waals surface area (Å²) in [6.07, 6.45) is 0.484. The monoisotopic (exact) mass is 202 g/mol. The summed E-state index contributed by atoms with van der Waals surface area (Å²) in [4.78, 5) is 15.3. The molecule has 0 heterocycles. The number of carbonyl (C=O) groups is 1. The molecular formula is C10H22N2O2. The van der Waals surface area contributed by atoms with Crippen LogP contribution in [0.1, 0.15) is 13.3 Å². The van der Waals surface area contributed by atoms with Gasteiger partial charge >= 0.3 is 5.97 Å². The van der Waals surface area contributed by atoms with E-state index in [2.05, 4.69) is 21.5 Å². The van der Waals surface area contributed by atoms with Gasteiger partial charge in [0.2, 0.25) is 0 Å². The molecule has 4 heteroatoms. The van der Waals surface area contributed by atoms with Crippen LogP contribution in [0.4, 0.5) is 0 Å². The van der Waals surface area contributed by atoms with E-state index in [1.54, 1.807) is 0 Å². The predicted molar refractivity (Wildman–Crippen MR) is 57.3 cm³/mol. The molecular weight excluding hydrogens is 180 g/mol. The Bertz CT molecular complexity index is 160. The maximum atomic E-state index is 10.9. The molecule has 4 nitrogen and oxygen atoms in total. The second kappa shape index (κ2) is 7.76. The molecule has 0 unspecified atom stereocenters. The van der Waals surface area contributed by atoms with Crippen molar-refractivity contribution in [3.8, 4) is 0 Å². The minimum atomic E-state index is -0.131. The molecule has 0 aliphatic carbocycles. The average molecular weight is 202 g/mol. The lowest BCUT2D eigenvalue weighted by Crippen LogP contribution is -2.33. The van der Waals surface area contributed by atoms with Gasteiger partial charge in [0.25, 0.3) is 0 Å². The molecule has 0 aromatic rings. The van der Waals surface area contributed by atoms with E-state index in [1.165, 1.54) is 7.11 Å². The maximum Gasteiger partial charge on any atom is 0.306 e. The molecule has 0 bridgehead atoms. The molecule has 0 N–H and O–H groups in total. The Morgan fingerprint density at radius 2 is 1.86 bits per heavy atom. The Hall–Kier alpha value is -0.610. The highest BCUT2D eigenvalue weighted by molar-refractivity contribution is 5.69. The van der Waals surface area contributed by atoms with Crippen LogP contribution in [0, 0.1) is 0 Å². The van der Waals surface area contributed by atoms with E-state index in [0.29, 0.717) is 6.42 Å². The minimum Gasteiger partial charge on any atom is -0.469 e. The summed E-state index contributed by atoms with van der Waals surface area (Å²) >= 11 is 0. The number of carbonyl (C=O) groups excluding carboxylic acids is 1. The normalized spacial score (nSPS) is 11.0. The molecule has 84 valence electrons. The topological polar surface area (TPSA) is 32.8 Å². The highest BCUT2D eigenvalue weighted by Crippen LogP contribution is 1.93. The van der Waals surface area contributed by atoms with Gasteiger partial charge in [0.05, 0.1) is 13.5 Å². The summed E-state index contributed by atoms with van der Waals surface area (Å²) in [5, 5.41) is 0. The number of hydrogen-bond donors (Lipinski definition) is 0. The molecule has 0 amide bonds. The molecule has 0 saturated heterocycles. The van der Waals surface area contributed by atoms with Crippen molar-refractivity contribution >= 4 is 5.97 Å². The van der Waals surface area contributed by atoms with E-state index in [9.17, 15) is 4.79 Å². The van der Waals surface area contributed by atoms with Gasteiger partial charge in [0.1, 0.15) is 0 Å². The van der Waals surface area contributed by atoms with Crippen LogP contribution in [0.5, 0.6) is 0 Å². The highest BCUT2D eigenvalue weighted by atomic mass is 16.5. The zero-order chi connectivity index (χ0) is 11.0. The van der Waals surface area contributed by atoms with Gasteiger partial charge < -0.3 is 14.5 Å². The molecule has 0 rings (SSSR count). The largest absolute Gasteiger partial charge is 0.469 e. The summed E-state index contributed by atoms with van der Waals surface area (Å²) in [5.41, 5.74) is 0. The zero-order valence-corrected chi connectivity index (χ0v) is 9.75. The number of hydrogen-bond acceptors (Lipinski definition) is 4. The van der Waals surface area contributed by atoms with Crippen LogP contribution in [0.15, 0.2) is 0 Å². The van der Waals surface area contributed by atoms with Crippen molar-refractivity contribution in [2.24, 2.45) is 0 Å². The molecule has 0 aromatic carbocycles. The zero-order valence-electron chi connectivity index (χ0n) is 9.75. The predicted octanol–water partition coefficient (Wildman–Crippen LogP) is 0.433. The third-order valence-electron chi connectivity index (χ3n) is 2.17. The van der Waals surface area contributed by atoms with Crippen molar-refractivity contribution < 1.29 is 9.53 Å². The first-order valence-electron chi connectivity index (χ1n) is 5.04. The van der Waals surface area contributed by atoms with Crippen LogP contribution in [0.3, 0.4) is 0 Å². The average Bonchev–Trinajstić information content (AvgIpc) is 2.17. The lowest BCUT2D eigenvalue weighted by atomic mass is 10.3. The fourth-order valence-electron chi connectivity index (χ4n) is 1.12. The number of nitrogens with zero attached hydrogens (tertiary/aromatic N) is 2. The van der Waals surface area contributed by atoms with Crippen molar-refractivity contribution in [2.75, 3.05) is 47.4 Å². The van der Waals surface area contributed by atoms with Crippen molar-refractivity contribution in [3.63, 3.8) is 0 Å². The molecule has 0 aliphatic heterocycles. The van der Waals surface area contributed by atoms with Gasteiger partial charge in [-0.05, 0) is 20.6 Å². The Labute approximate surface area is 86.8 Å². The van der Waals surface area contributed by atoms with Gasteiger partial charge in [0, 0.05) is 19.6 Å². The summed E-state index contributed by atoms with van der Waals surface area (Å²) in [6, 6.07) is 0. The van der Waals surface area contributed by atoms with Gasteiger partial charge in [-0.25, -0.2) is 0 Å². The Balaban J connectivity index is 3.63. The maximum absolute atomic E-state index is 10.9. The van der Waals surface area contributed by atoms with Gasteiger partial charge in [0.15, 0.2) is 0 Å². The third-order valence-corrected chi connectivity index (χ3v) is 2.17. The standard InChI is InChI=1S/C10H22N2O2/c1-5-12(9-8-11(2)3)7-6-10(13)14-4/h5-9H2,1-4H3. The SMILES string of the molecule is CCN(CCC(=O)OC)CCN(C)C. The number of ether oxygens (including phenoxy) is 1. The van der Waals surface area contributed by atoms with E-state index in [-0.39, 0.29) is 5.97 Å². The summed E-state index contributed by atoms with van der Waals surface area (Å²) in [5.74, 6) is -0.131. The first-order chi connectivity index (χ1) is 6.60. The first-order valence-corrected chi connectivity index (χ1v) is 5.04. The van der Waals surface area contributed by atoms with E-state index in [1.807, 2.05) is 14.1 Å². The smallest absolute Gasteiger partial charge is 0.306 e. The van der Waals surface area contributed by atoms with Crippen LogP contribution in [0.2, 0.25) is 0 Å². The number of methoxy groups -OCH3 is 1. The minimum absolute atomic E-state index is 0.131. The van der Waals surface area contributed by atoms with Crippen LogP contribution in [-0.2, 0) is 9.53 Å². The molecule has 0 fully saturated rings. The van der Waals surface area contributed by atoms with Crippen molar-refractivity contribution in [1.82, 2.24) is 9.80 Å². The van der Waals surface area contributed by atoms with E-state index < -0.39 is 0 Å². The van der Waals surface area contributed by atoms with Crippen LogP contribution >= 0.6 is 0 Å². The second-order valence-electron chi connectivity index (χ2n) is 3.56. The van der Waals surface area contributed by atoms with Gasteiger partial charge in [-0.2, -0.15) is 0 Å². The Morgan fingerprint density at radius 1 is 1.21 bits per heavy atom. The molecule has 0 saturated carbocycles. The number of rotatable bonds is 7. The highest BCUT2D eigenvalue weighted by Gasteiger charge is 2.06. The van der Waals surface area contributed by atoms with Crippen molar-refractivity contribution in [3.05, 3.63) is 0 Å². The molecule has 0 radical (unpaired) electrons. The van der Waals surface area contributed by atoms with Gasteiger partial charge in [-0.1, -0.05) is 6.92 Å². The Morgan fingerprint density at radius 3 is 2.29 bits per heavy atom. The van der Waals surface area contributed by atoms with E-state index in [0.717, 1.165) is 26.2 Å². The van der Waals surface area contributed by atoms with Crippen molar-refractivity contribution in [2.45, 2.75) is 13.3 Å². The molecule has 0 spiro atoms.